The first kappa shape index (κ1) is 20.3. The van der Waals surface area contributed by atoms with E-state index in [-0.39, 0.29) is 11.5 Å². The third-order valence-electron chi connectivity index (χ3n) is 6.13. The molecule has 1 saturated heterocycles. The molecule has 1 aliphatic rings. The van der Waals surface area contributed by atoms with Crippen LogP contribution in [0.1, 0.15) is 21.7 Å². The third kappa shape index (κ3) is 3.62. The summed E-state index contributed by atoms with van der Waals surface area (Å²) >= 11 is 0. The van der Waals surface area contributed by atoms with Crippen molar-refractivity contribution in [1.82, 2.24) is 20.2 Å². The first-order chi connectivity index (χ1) is 15.5. The molecule has 0 spiro atoms. The lowest BCUT2D eigenvalue weighted by molar-refractivity contribution is 0.0958. The van der Waals surface area contributed by atoms with E-state index in [2.05, 4.69) is 43.3 Å². The van der Waals surface area contributed by atoms with Crippen LogP contribution in [0.15, 0.2) is 51.9 Å². The summed E-state index contributed by atoms with van der Waals surface area (Å²) in [5.74, 6) is -0.172. The minimum atomic E-state index is -0.199. The van der Waals surface area contributed by atoms with Crippen molar-refractivity contribution < 1.29 is 9.21 Å². The zero-order valence-corrected chi connectivity index (χ0v) is 18.1. The molecule has 1 aromatic carbocycles. The molecule has 32 heavy (non-hydrogen) atoms. The van der Waals surface area contributed by atoms with Crippen LogP contribution in [0.3, 0.4) is 0 Å². The van der Waals surface area contributed by atoms with E-state index in [4.69, 9.17) is 4.42 Å². The largest absolute Gasteiger partial charge is 0.459 e. The number of H-pyrrole nitrogens is 1. The maximum atomic E-state index is 12.2. The maximum Gasteiger partial charge on any atom is 0.292 e. The number of nitrogens with zero attached hydrogens (tertiary/aromatic N) is 3. The topological polar surface area (TPSA) is 94.5 Å². The van der Waals surface area contributed by atoms with Gasteiger partial charge in [0.1, 0.15) is 5.69 Å². The first-order valence-corrected chi connectivity index (χ1v) is 10.7. The van der Waals surface area contributed by atoms with Crippen molar-refractivity contribution in [2.45, 2.75) is 13.5 Å². The Bertz CT molecular complexity index is 1370. The van der Waals surface area contributed by atoms with Crippen LogP contribution in [0.5, 0.6) is 0 Å². The quantitative estimate of drug-likeness (QED) is 0.516. The van der Waals surface area contributed by atoms with E-state index in [0.29, 0.717) is 11.3 Å². The molecule has 0 unspecified atom stereocenters. The highest BCUT2D eigenvalue weighted by atomic mass is 16.3. The van der Waals surface area contributed by atoms with Crippen molar-refractivity contribution in [2.24, 2.45) is 0 Å². The molecule has 0 radical (unpaired) electrons. The van der Waals surface area contributed by atoms with Crippen LogP contribution in [0.4, 0.5) is 5.69 Å². The smallest absolute Gasteiger partial charge is 0.292 e. The van der Waals surface area contributed by atoms with E-state index in [1.54, 1.807) is 19.4 Å². The monoisotopic (exact) mass is 431 g/mol. The van der Waals surface area contributed by atoms with Crippen LogP contribution >= 0.6 is 0 Å². The Hall–Kier alpha value is -3.65. The number of fused-ring (bicyclic) bond motifs is 3. The summed E-state index contributed by atoms with van der Waals surface area (Å²) in [5, 5.41) is 4.45. The van der Waals surface area contributed by atoms with Gasteiger partial charge in [-0.1, -0.05) is 12.1 Å². The number of nitrogens with one attached hydrogen (secondary N) is 2. The number of aromatic amines is 1. The molecule has 3 aromatic heterocycles. The van der Waals surface area contributed by atoms with Crippen LogP contribution in [0, 0.1) is 6.92 Å². The van der Waals surface area contributed by atoms with Crippen molar-refractivity contribution in [3.8, 4) is 0 Å². The summed E-state index contributed by atoms with van der Waals surface area (Å²) in [7, 11) is 1.61. The molecule has 2 N–H and O–H groups in total. The lowest BCUT2D eigenvalue weighted by atomic mass is 10.1. The minimum Gasteiger partial charge on any atom is -0.459 e. The van der Waals surface area contributed by atoms with Gasteiger partial charge in [0.2, 0.25) is 0 Å². The Balaban J connectivity index is 1.28. The van der Waals surface area contributed by atoms with E-state index in [0.717, 1.165) is 66.0 Å². The van der Waals surface area contributed by atoms with Crippen molar-refractivity contribution in [3.05, 3.63) is 70.0 Å². The SMILES string of the molecule is CNC(=O)c1ccc(N2CCN(Cc3ccc4c(c3)[nH]c(=O)c3occc34)CC2)c(C)n1. The number of rotatable bonds is 4. The lowest BCUT2D eigenvalue weighted by Gasteiger charge is -2.36. The molecule has 0 aliphatic carbocycles. The van der Waals surface area contributed by atoms with E-state index in [1.807, 2.05) is 19.1 Å². The molecule has 4 heterocycles. The van der Waals surface area contributed by atoms with E-state index in [1.165, 1.54) is 0 Å². The molecule has 164 valence electrons. The first-order valence-electron chi connectivity index (χ1n) is 10.7. The molecule has 1 aliphatic heterocycles. The summed E-state index contributed by atoms with van der Waals surface area (Å²) in [6.45, 7) is 6.39. The summed E-state index contributed by atoms with van der Waals surface area (Å²) in [6, 6.07) is 11.8. The number of aryl methyl sites for hydroxylation is 1. The molecule has 0 bridgehead atoms. The van der Waals surface area contributed by atoms with Gasteiger partial charge in [0.05, 0.1) is 17.6 Å². The number of benzene rings is 1. The van der Waals surface area contributed by atoms with Gasteiger partial charge < -0.3 is 19.6 Å². The zero-order valence-electron chi connectivity index (χ0n) is 18.1. The summed E-state index contributed by atoms with van der Waals surface area (Å²) in [6.07, 6.45) is 1.55. The van der Waals surface area contributed by atoms with Crippen molar-refractivity contribution >= 4 is 33.5 Å². The Morgan fingerprint density at radius 2 is 1.94 bits per heavy atom. The van der Waals surface area contributed by atoms with Crippen molar-refractivity contribution in [2.75, 3.05) is 38.1 Å². The zero-order chi connectivity index (χ0) is 22.2. The molecule has 8 nitrogen and oxygen atoms in total. The van der Waals surface area contributed by atoms with Gasteiger partial charge in [-0.05, 0) is 36.8 Å². The molecular formula is C24H25N5O3. The molecule has 8 heteroatoms. The van der Waals surface area contributed by atoms with Gasteiger partial charge in [0, 0.05) is 56.1 Å². The van der Waals surface area contributed by atoms with E-state index < -0.39 is 0 Å². The van der Waals surface area contributed by atoms with E-state index in [9.17, 15) is 9.59 Å². The predicted octanol–water partition coefficient (Wildman–Crippen LogP) is 2.66. The average Bonchev–Trinajstić information content (AvgIpc) is 3.30. The van der Waals surface area contributed by atoms with Crippen LogP contribution in [0.2, 0.25) is 0 Å². The van der Waals surface area contributed by atoms with Crippen LogP contribution in [0.25, 0.3) is 21.9 Å². The molecule has 0 saturated carbocycles. The number of carbonyl (C=O) groups is 1. The van der Waals surface area contributed by atoms with Crippen LogP contribution < -0.4 is 15.8 Å². The molecular weight excluding hydrogens is 406 g/mol. The number of furan rings is 1. The molecule has 5 rings (SSSR count). The average molecular weight is 431 g/mol. The second-order valence-electron chi connectivity index (χ2n) is 8.14. The lowest BCUT2D eigenvalue weighted by Crippen LogP contribution is -2.46. The molecule has 1 fully saturated rings. The third-order valence-corrected chi connectivity index (χ3v) is 6.13. The maximum absolute atomic E-state index is 12.2. The number of piperazine rings is 1. The fourth-order valence-corrected chi connectivity index (χ4v) is 4.45. The summed E-state index contributed by atoms with van der Waals surface area (Å²) in [4.78, 5) is 36.2. The van der Waals surface area contributed by atoms with Crippen molar-refractivity contribution in [3.63, 3.8) is 0 Å². The molecule has 0 atom stereocenters. The van der Waals surface area contributed by atoms with Gasteiger partial charge in [0.25, 0.3) is 11.5 Å². The van der Waals surface area contributed by atoms with Gasteiger partial charge in [-0.25, -0.2) is 4.98 Å². The van der Waals surface area contributed by atoms with Crippen LogP contribution in [-0.2, 0) is 6.54 Å². The molecule has 4 aromatic rings. The standard InChI is InChI=1S/C24H25N5O3/c1-15-21(6-5-19(26-15)23(30)25-2)29-10-8-28(9-11-29)14-16-3-4-17-18-7-12-32-22(18)24(31)27-20(17)13-16/h3-7,12-13H,8-11,14H2,1-2H3,(H,25,30)(H,27,31). The Morgan fingerprint density at radius 3 is 2.69 bits per heavy atom. The number of amides is 1. The highest BCUT2D eigenvalue weighted by Gasteiger charge is 2.20. The minimum absolute atomic E-state index is 0.172. The summed E-state index contributed by atoms with van der Waals surface area (Å²) in [5.41, 5.74) is 4.54. The fraction of sp³-hybridized carbons (Fsp3) is 0.292. The van der Waals surface area contributed by atoms with Crippen molar-refractivity contribution in [1.29, 1.82) is 0 Å². The Morgan fingerprint density at radius 1 is 1.12 bits per heavy atom. The van der Waals surface area contributed by atoms with E-state index >= 15 is 0 Å². The summed E-state index contributed by atoms with van der Waals surface area (Å²) < 4.78 is 5.31. The van der Waals surface area contributed by atoms with Gasteiger partial charge in [-0.3, -0.25) is 14.5 Å². The molecule has 1 amide bonds. The number of anilines is 1. The van der Waals surface area contributed by atoms with Gasteiger partial charge >= 0.3 is 0 Å². The van der Waals surface area contributed by atoms with Gasteiger partial charge in [-0.2, -0.15) is 0 Å². The second kappa shape index (κ2) is 8.12. The normalized spacial score (nSPS) is 14.9. The van der Waals surface area contributed by atoms with Crippen LogP contribution in [-0.4, -0.2) is 54.0 Å². The number of carbonyl (C=O) groups excluding carboxylic acids is 1. The number of pyridine rings is 2. The highest BCUT2D eigenvalue weighted by molar-refractivity contribution is 6.03. The second-order valence-corrected chi connectivity index (χ2v) is 8.14. The van der Waals surface area contributed by atoms with Gasteiger partial charge in [0.15, 0.2) is 5.58 Å². The Labute approximate surface area is 184 Å². The number of hydrogen-bond acceptors (Lipinski definition) is 6. The highest BCUT2D eigenvalue weighted by Crippen LogP contribution is 2.24. The fourth-order valence-electron chi connectivity index (χ4n) is 4.45. The van der Waals surface area contributed by atoms with Gasteiger partial charge in [-0.15, -0.1) is 0 Å². The number of aromatic nitrogens is 2. The number of hydrogen-bond donors (Lipinski definition) is 2. The Kier molecular flexibility index (Phi) is 5.14. The predicted molar refractivity (Wildman–Crippen MR) is 124 cm³/mol.